The Balaban J connectivity index is 2.50. The molecule has 1 aromatic carbocycles. The molecule has 0 unspecified atom stereocenters. The molecule has 1 aromatic rings. The Labute approximate surface area is 158 Å². The largest absolute Gasteiger partial charge is 0.478 e. The Kier molecular flexibility index (Phi) is 5.85. The van der Waals surface area contributed by atoms with Crippen LogP contribution in [0.15, 0.2) is 59.2 Å². The third-order valence-corrected chi connectivity index (χ3v) is 5.20. The average molecular weight is 372 g/mol. The van der Waals surface area contributed by atoms with E-state index in [4.69, 9.17) is 5.11 Å². The maximum atomic E-state index is 13.5. The lowest BCUT2D eigenvalue weighted by Crippen LogP contribution is -2.49. The molecule has 5 heteroatoms. The summed E-state index contributed by atoms with van der Waals surface area (Å²) < 4.78 is 13.5. The van der Waals surface area contributed by atoms with Gasteiger partial charge in [-0.2, -0.15) is 0 Å². The number of carboxylic acids is 1. The van der Waals surface area contributed by atoms with Crippen LogP contribution in [0.25, 0.3) is 0 Å². The van der Waals surface area contributed by atoms with Crippen molar-refractivity contribution in [3.05, 3.63) is 70.6 Å². The second-order valence-corrected chi connectivity index (χ2v) is 7.72. The van der Waals surface area contributed by atoms with Crippen LogP contribution >= 0.6 is 0 Å². The molecule has 0 bridgehead atoms. The molecule has 4 nitrogen and oxygen atoms in total. The molecule has 2 N–H and O–H groups in total. The van der Waals surface area contributed by atoms with Gasteiger partial charge in [-0.3, -0.25) is 4.79 Å². The molecule has 0 fully saturated rings. The van der Waals surface area contributed by atoms with Gasteiger partial charge >= 0.3 is 5.97 Å². The molecule has 0 heterocycles. The van der Waals surface area contributed by atoms with Crippen LogP contribution in [0.5, 0.6) is 0 Å². The fraction of sp³-hybridized carbons (Fsp3) is 0.364. The first kappa shape index (κ1) is 20.8. The molecule has 144 valence electrons. The molecule has 27 heavy (non-hydrogen) atoms. The van der Waals surface area contributed by atoms with E-state index in [-0.39, 0.29) is 24.4 Å². The van der Waals surface area contributed by atoms with Gasteiger partial charge in [0.1, 0.15) is 11.4 Å². The SMILES string of the molecule is CC1=C(Cc2cccc(F)c2)C(=O)CC(C)(C)[C@@]1(O)/C=C/C(C)=C\C(=O)O. The summed E-state index contributed by atoms with van der Waals surface area (Å²) in [6, 6.07) is 6.05. The molecule has 1 atom stereocenters. The minimum absolute atomic E-state index is 0.0716. The third-order valence-electron chi connectivity index (χ3n) is 5.20. The fourth-order valence-corrected chi connectivity index (χ4v) is 3.52. The topological polar surface area (TPSA) is 74.6 Å². The number of hydrogen-bond donors (Lipinski definition) is 2. The summed E-state index contributed by atoms with van der Waals surface area (Å²) in [5, 5.41) is 20.3. The number of carboxylic acid groups (broad SMARTS) is 1. The van der Waals surface area contributed by atoms with E-state index in [2.05, 4.69) is 0 Å². The lowest BCUT2D eigenvalue weighted by atomic mass is 9.62. The van der Waals surface area contributed by atoms with Crippen molar-refractivity contribution in [2.75, 3.05) is 0 Å². The fourth-order valence-electron chi connectivity index (χ4n) is 3.52. The van der Waals surface area contributed by atoms with Crippen molar-refractivity contribution in [3.8, 4) is 0 Å². The number of halogens is 1. The Bertz CT molecular complexity index is 861. The zero-order chi connectivity index (χ0) is 20.4. The van der Waals surface area contributed by atoms with Crippen LogP contribution < -0.4 is 0 Å². The summed E-state index contributed by atoms with van der Waals surface area (Å²) in [6.45, 7) is 6.93. The zero-order valence-electron chi connectivity index (χ0n) is 16.0. The quantitative estimate of drug-likeness (QED) is 0.605. The molecule has 0 radical (unpaired) electrons. The Hall–Kier alpha value is -2.53. The van der Waals surface area contributed by atoms with Gasteiger partial charge in [-0.05, 0) is 48.8 Å². The van der Waals surface area contributed by atoms with Gasteiger partial charge in [-0.1, -0.05) is 32.1 Å². The number of allylic oxidation sites excluding steroid dienone is 3. The molecule has 1 aliphatic rings. The number of hydrogen-bond acceptors (Lipinski definition) is 3. The highest BCUT2D eigenvalue weighted by Crippen LogP contribution is 2.47. The van der Waals surface area contributed by atoms with Crippen molar-refractivity contribution >= 4 is 11.8 Å². The minimum Gasteiger partial charge on any atom is -0.478 e. The monoisotopic (exact) mass is 372 g/mol. The van der Waals surface area contributed by atoms with E-state index in [1.807, 2.05) is 0 Å². The highest BCUT2D eigenvalue weighted by atomic mass is 19.1. The highest BCUT2D eigenvalue weighted by Gasteiger charge is 2.49. The number of Topliss-reactive ketones (excluding diaryl/α,β-unsaturated/α-hetero) is 1. The lowest BCUT2D eigenvalue weighted by molar-refractivity contribution is -0.131. The summed E-state index contributed by atoms with van der Waals surface area (Å²) in [5.74, 6) is -1.52. The van der Waals surface area contributed by atoms with Crippen molar-refractivity contribution in [1.29, 1.82) is 0 Å². The van der Waals surface area contributed by atoms with Gasteiger partial charge in [-0.15, -0.1) is 0 Å². The van der Waals surface area contributed by atoms with Crippen LogP contribution in [-0.2, 0) is 16.0 Å². The number of carbonyl (C=O) groups excluding carboxylic acids is 1. The van der Waals surface area contributed by atoms with Crippen LogP contribution in [0.4, 0.5) is 4.39 Å². The van der Waals surface area contributed by atoms with E-state index in [1.54, 1.807) is 52.0 Å². The third kappa shape index (κ3) is 4.42. The summed E-state index contributed by atoms with van der Waals surface area (Å²) in [6.07, 6.45) is 4.52. The number of benzene rings is 1. The average Bonchev–Trinajstić information content (AvgIpc) is 2.54. The van der Waals surface area contributed by atoms with Gasteiger partial charge in [0.15, 0.2) is 5.78 Å². The molecule has 2 rings (SSSR count). The predicted octanol–water partition coefficient (Wildman–Crippen LogP) is 4.00. The first-order valence-corrected chi connectivity index (χ1v) is 8.77. The molecule has 0 spiro atoms. The highest BCUT2D eigenvalue weighted by molar-refractivity contribution is 5.98. The molecular formula is C22H25FO4. The standard InChI is InChI=1S/C22H25FO4/c1-14(10-20(25)26)8-9-22(27)15(2)18(19(24)13-21(22,3)4)12-16-6-5-7-17(23)11-16/h5-11,27H,12-13H2,1-4H3,(H,25,26)/b9-8+,14-10-/t22-/m1/s1. The smallest absolute Gasteiger partial charge is 0.328 e. The van der Waals surface area contributed by atoms with Gasteiger partial charge in [0.2, 0.25) is 0 Å². The Morgan fingerprint density at radius 3 is 2.59 bits per heavy atom. The first-order valence-electron chi connectivity index (χ1n) is 8.77. The van der Waals surface area contributed by atoms with Gasteiger partial charge in [0.25, 0.3) is 0 Å². The Morgan fingerprint density at radius 2 is 2.00 bits per heavy atom. The predicted molar refractivity (Wildman–Crippen MR) is 102 cm³/mol. The van der Waals surface area contributed by atoms with Gasteiger partial charge in [0, 0.05) is 29.9 Å². The summed E-state index contributed by atoms with van der Waals surface area (Å²) >= 11 is 0. The maximum absolute atomic E-state index is 13.5. The molecule has 0 aliphatic heterocycles. The molecule has 1 aliphatic carbocycles. The maximum Gasteiger partial charge on any atom is 0.328 e. The van der Waals surface area contributed by atoms with Gasteiger partial charge in [-0.25, -0.2) is 9.18 Å². The van der Waals surface area contributed by atoms with Crippen LogP contribution in [0.1, 0.15) is 39.7 Å². The second kappa shape index (κ2) is 7.61. The number of carbonyl (C=O) groups is 2. The van der Waals surface area contributed by atoms with Crippen LogP contribution in [0, 0.1) is 11.2 Å². The van der Waals surface area contributed by atoms with E-state index >= 15 is 0 Å². The molecule has 0 saturated heterocycles. The second-order valence-electron chi connectivity index (χ2n) is 7.72. The summed E-state index contributed by atoms with van der Waals surface area (Å²) in [7, 11) is 0. The molecule has 0 saturated carbocycles. The minimum atomic E-state index is -1.42. The van der Waals surface area contributed by atoms with Gasteiger partial charge < -0.3 is 10.2 Å². The number of ketones is 1. The number of rotatable bonds is 5. The van der Waals surface area contributed by atoms with Crippen molar-refractivity contribution in [1.82, 2.24) is 0 Å². The number of aliphatic carboxylic acids is 1. The number of aliphatic hydroxyl groups is 1. The summed E-state index contributed by atoms with van der Waals surface area (Å²) in [4.78, 5) is 23.5. The lowest BCUT2D eigenvalue weighted by Gasteiger charge is -2.45. The van der Waals surface area contributed by atoms with E-state index in [1.165, 1.54) is 12.1 Å². The summed E-state index contributed by atoms with van der Waals surface area (Å²) in [5.41, 5.74) is -0.0790. The first-order chi connectivity index (χ1) is 12.5. The Morgan fingerprint density at radius 1 is 1.33 bits per heavy atom. The van der Waals surface area contributed by atoms with E-state index in [9.17, 15) is 19.1 Å². The molecular weight excluding hydrogens is 347 g/mol. The van der Waals surface area contributed by atoms with Crippen LogP contribution in [0.3, 0.4) is 0 Å². The van der Waals surface area contributed by atoms with E-state index in [0.29, 0.717) is 22.3 Å². The van der Waals surface area contributed by atoms with E-state index < -0.39 is 17.0 Å². The van der Waals surface area contributed by atoms with Crippen molar-refractivity contribution in [3.63, 3.8) is 0 Å². The van der Waals surface area contributed by atoms with Crippen LogP contribution in [-0.4, -0.2) is 27.6 Å². The van der Waals surface area contributed by atoms with E-state index in [0.717, 1.165) is 6.08 Å². The normalized spacial score (nSPS) is 23.2. The van der Waals surface area contributed by atoms with Crippen molar-refractivity contribution in [2.24, 2.45) is 5.41 Å². The molecule has 0 amide bonds. The van der Waals surface area contributed by atoms with Crippen molar-refractivity contribution in [2.45, 2.75) is 46.1 Å². The van der Waals surface area contributed by atoms with Crippen LogP contribution in [0.2, 0.25) is 0 Å². The molecule has 0 aromatic heterocycles. The van der Waals surface area contributed by atoms with Crippen molar-refractivity contribution < 1.29 is 24.2 Å². The van der Waals surface area contributed by atoms with Gasteiger partial charge in [0.05, 0.1) is 0 Å². The zero-order valence-corrected chi connectivity index (χ0v) is 16.0.